The molecule has 72 valence electrons. The average Bonchev–Trinajstić information content (AvgIpc) is 2.53. The minimum atomic E-state index is 0.550. The lowest BCUT2D eigenvalue weighted by Crippen LogP contribution is -2.39. The summed E-state index contributed by atoms with van der Waals surface area (Å²) in [5.41, 5.74) is 0. The molecule has 1 aliphatic heterocycles. The van der Waals surface area contributed by atoms with Gasteiger partial charge in [0.25, 0.3) is 0 Å². The Hall–Kier alpha value is -0.550. The van der Waals surface area contributed by atoms with Crippen molar-refractivity contribution in [3.63, 3.8) is 0 Å². The largest absolute Gasteiger partial charge is 0.312 e. The Balaban J connectivity index is 1.89. The summed E-state index contributed by atoms with van der Waals surface area (Å²) < 4.78 is 0. The van der Waals surface area contributed by atoms with Gasteiger partial charge in [-0.25, -0.2) is 4.98 Å². The van der Waals surface area contributed by atoms with Crippen LogP contribution in [0.3, 0.4) is 0 Å². The number of hydrogen-bond donors (Lipinski definition) is 2. The van der Waals surface area contributed by atoms with Crippen molar-refractivity contribution >= 4 is 11.8 Å². The number of nitrogens with one attached hydrogen (secondary N) is 2. The molecule has 0 radical (unpaired) electrons. The highest BCUT2D eigenvalue weighted by Gasteiger charge is 2.15. The van der Waals surface area contributed by atoms with Gasteiger partial charge in [0.05, 0.1) is 0 Å². The van der Waals surface area contributed by atoms with Gasteiger partial charge in [-0.2, -0.15) is 16.9 Å². The third kappa shape index (κ3) is 2.45. The molecule has 4 nitrogen and oxygen atoms in total. The van der Waals surface area contributed by atoms with E-state index in [0.29, 0.717) is 6.04 Å². The molecule has 5 heteroatoms. The third-order valence-corrected chi connectivity index (χ3v) is 3.20. The zero-order chi connectivity index (χ0) is 9.10. The predicted molar refractivity (Wildman–Crippen MR) is 53.9 cm³/mol. The molecule has 1 unspecified atom stereocenters. The van der Waals surface area contributed by atoms with Gasteiger partial charge in [-0.3, -0.25) is 5.10 Å². The minimum absolute atomic E-state index is 0.550. The van der Waals surface area contributed by atoms with Crippen LogP contribution in [0, 0.1) is 6.92 Å². The quantitative estimate of drug-likeness (QED) is 0.720. The van der Waals surface area contributed by atoms with Crippen LogP contribution in [-0.2, 0) is 6.42 Å². The summed E-state index contributed by atoms with van der Waals surface area (Å²) in [7, 11) is 0. The van der Waals surface area contributed by atoms with Crippen molar-refractivity contribution in [2.75, 3.05) is 18.1 Å². The van der Waals surface area contributed by atoms with E-state index in [-0.39, 0.29) is 0 Å². The smallest absolute Gasteiger partial charge is 0.152 e. The fourth-order valence-corrected chi connectivity index (χ4v) is 2.40. The van der Waals surface area contributed by atoms with E-state index in [1.807, 2.05) is 18.7 Å². The van der Waals surface area contributed by atoms with E-state index in [1.54, 1.807) is 0 Å². The summed E-state index contributed by atoms with van der Waals surface area (Å²) in [6.07, 6.45) is 0.942. The van der Waals surface area contributed by atoms with Gasteiger partial charge < -0.3 is 5.32 Å². The van der Waals surface area contributed by atoms with Crippen molar-refractivity contribution < 1.29 is 0 Å². The summed E-state index contributed by atoms with van der Waals surface area (Å²) in [4.78, 5) is 4.29. The van der Waals surface area contributed by atoms with Crippen molar-refractivity contribution in [2.45, 2.75) is 19.4 Å². The van der Waals surface area contributed by atoms with Crippen LogP contribution in [0.25, 0.3) is 0 Å². The van der Waals surface area contributed by atoms with E-state index in [9.17, 15) is 0 Å². The van der Waals surface area contributed by atoms with Crippen LogP contribution in [-0.4, -0.2) is 39.3 Å². The molecule has 1 fully saturated rings. The number of thioether (sulfide) groups is 1. The van der Waals surface area contributed by atoms with E-state index >= 15 is 0 Å². The van der Waals surface area contributed by atoms with E-state index < -0.39 is 0 Å². The molecule has 1 atom stereocenters. The van der Waals surface area contributed by atoms with Crippen molar-refractivity contribution in [3.8, 4) is 0 Å². The molecule has 0 aliphatic carbocycles. The highest BCUT2D eigenvalue weighted by molar-refractivity contribution is 7.99. The normalized spacial score (nSPS) is 23.3. The highest BCUT2D eigenvalue weighted by Crippen LogP contribution is 2.10. The van der Waals surface area contributed by atoms with Crippen molar-refractivity contribution in [3.05, 3.63) is 11.6 Å². The molecule has 0 bridgehead atoms. The van der Waals surface area contributed by atoms with E-state index in [1.165, 1.54) is 11.5 Å². The van der Waals surface area contributed by atoms with Gasteiger partial charge in [-0.05, 0) is 6.92 Å². The zero-order valence-corrected chi connectivity index (χ0v) is 8.52. The van der Waals surface area contributed by atoms with Gasteiger partial charge in [0.1, 0.15) is 5.82 Å². The van der Waals surface area contributed by atoms with Gasteiger partial charge in [-0.1, -0.05) is 0 Å². The van der Waals surface area contributed by atoms with Crippen LogP contribution in [0.4, 0.5) is 0 Å². The Morgan fingerprint density at radius 1 is 1.62 bits per heavy atom. The van der Waals surface area contributed by atoms with Gasteiger partial charge in [0.2, 0.25) is 0 Å². The number of rotatable bonds is 2. The van der Waals surface area contributed by atoms with Crippen molar-refractivity contribution in [1.82, 2.24) is 20.5 Å². The molecule has 1 saturated heterocycles. The summed E-state index contributed by atoms with van der Waals surface area (Å²) in [5, 5.41) is 10.4. The van der Waals surface area contributed by atoms with Crippen LogP contribution >= 0.6 is 11.8 Å². The number of nitrogens with zero attached hydrogens (tertiary/aromatic N) is 2. The maximum absolute atomic E-state index is 4.29. The van der Waals surface area contributed by atoms with Crippen molar-refractivity contribution in [2.24, 2.45) is 0 Å². The first-order valence-electron chi connectivity index (χ1n) is 4.53. The second-order valence-electron chi connectivity index (χ2n) is 3.27. The Morgan fingerprint density at radius 3 is 3.15 bits per heavy atom. The van der Waals surface area contributed by atoms with Gasteiger partial charge in [0.15, 0.2) is 5.82 Å². The molecule has 0 saturated carbocycles. The fourth-order valence-electron chi connectivity index (χ4n) is 1.45. The molecule has 0 amide bonds. The maximum Gasteiger partial charge on any atom is 0.152 e. The number of aromatic amines is 1. The lowest BCUT2D eigenvalue weighted by atomic mass is 10.2. The molecular formula is C8H14N4S. The second-order valence-corrected chi connectivity index (χ2v) is 4.42. The monoisotopic (exact) mass is 198 g/mol. The summed E-state index contributed by atoms with van der Waals surface area (Å²) in [6.45, 7) is 3.04. The molecule has 2 heterocycles. The van der Waals surface area contributed by atoms with E-state index in [4.69, 9.17) is 0 Å². The van der Waals surface area contributed by atoms with Crippen LogP contribution in [0.15, 0.2) is 0 Å². The Kier molecular flexibility index (Phi) is 2.85. The average molecular weight is 198 g/mol. The lowest BCUT2D eigenvalue weighted by molar-refractivity contribution is 0.551. The topological polar surface area (TPSA) is 53.6 Å². The van der Waals surface area contributed by atoms with Crippen LogP contribution in [0.5, 0.6) is 0 Å². The SMILES string of the molecule is Cc1nc(CC2CSCCN2)n[nH]1. The Bertz CT molecular complexity index is 267. The predicted octanol–water partition coefficient (Wildman–Crippen LogP) is 0.361. The van der Waals surface area contributed by atoms with Crippen molar-refractivity contribution in [1.29, 1.82) is 0 Å². The van der Waals surface area contributed by atoms with Gasteiger partial charge in [0, 0.05) is 30.5 Å². The minimum Gasteiger partial charge on any atom is -0.312 e. The lowest BCUT2D eigenvalue weighted by Gasteiger charge is -2.21. The maximum atomic E-state index is 4.29. The summed E-state index contributed by atoms with van der Waals surface area (Å²) in [6, 6.07) is 0.550. The Morgan fingerprint density at radius 2 is 2.54 bits per heavy atom. The molecule has 2 rings (SSSR count). The molecule has 13 heavy (non-hydrogen) atoms. The molecule has 1 aromatic heterocycles. The first-order valence-corrected chi connectivity index (χ1v) is 5.69. The fraction of sp³-hybridized carbons (Fsp3) is 0.750. The summed E-state index contributed by atoms with van der Waals surface area (Å²) in [5.74, 6) is 4.23. The van der Waals surface area contributed by atoms with Crippen LogP contribution in [0.1, 0.15) is 11.6 Å². The first-order chi connectivity index (χ1) is 6.34. The number of aromatic nitrogens is 3. The number of H-pyrrole nitrogens is 1. The third-order valence-electron chi connectivity index (χ3n) is 2.07. The molecule has 1 aromatic rings. The second kappa shape index (κ2) is 4.11. The number of aryl methyl sites for hydroxylation is 1. The standard InChI is InChI=1S/C8H14N4S/c1-6-10-8(12-11-6)4-7-5-13-3-2-9-7/h7,9H,2-5H2,1H3,(H,10,11,12). The highest BCUT2D eigenvalue weighted by atomic mass is 32.2. The molecule has 0 spiro atoms. The molecular weight excluding hydrogens is 184 g/mol. The molecule has 1 aliphatic rings. The Labute approximate surface area is 81.9 Å². The molecule has 0 aromatic carbocycles. The van der Waals surface area contributed by atoms with Gasteiger partial charge in [-0.15, -0.1) is 0 Å². The van der Waals surface area contributed by atoms with Crippen LogP contribution < -0.4 is 5.32 Å². The number of hydrogen-bond acceptors (Lipinski definition) is 4. The first kappa shape index (κ1) is 9.02. The zero-order valence-electron chi connectivity index (χ0n) is 7.71. The van der Waals surface area contributed by atoms with Crippen LogP contribution in [0.2, 0.25) is 0 Å². The van der Waals surface area contributed by atoms with E-state index in [2.05, 4.69) is 20.5 Å². The van der Waals surface area contributed by atoms with Gasteiger partial charge >= 0.3 is 0 Å². The summed E-state index contributed by atoms with van der Waals surface area (Å²) >= 11 is 2.00. The van der Waals surface area contributed by atoms with E-state index in [0.717, 1.165) is 24.6 Å². The molecule has 2 N–H and O–H groups in total.